The summed E-state index contributed by atoms with van der Waals surface area (Å²) in [4.78, 5) is 28.9. The third kappa shape index (κ3) is 3.02. The Morgan fingerprint density at radius 2 is 1.80 bits per heavy atom. The number of fused-ring (bicyclic) bond motifs is 1. The van der Waals surface area contributed by atoms with Crippen LogP contribution in [0, 0.1) is 0 Å². The van der Waals surface area contributed by atoms with Gasteiger partial charge in [0.1, 0.15) is 5.58 Å². The van der Waals surface area contributed by atoms with Crippen LogP contribution in [0.3, 0.4) is 0 Å². The van der Waals surface area contributed by atoms with Crippen LogP contribution in [0.15, 0.2) is 93.9 Å². The smallest absolute Gasteiger partial charge is 0.290 e. The first kappa shape index (κ1) is 18.4. The van der Waals surface area contributed by atoms with Crippen molar-refractivity contribution in [1.29, 1.82) is 0 Å². The van der Waals surface area contributed by atoms with E-state index in [0.29, 0.717) is 12.1 Å². The Kier molecular flexibility index (Phi) is 4.48. The molecule has 1 N–H and O–H groups in total. The van der Waals surface area contributed by atoms with Crippen molar-refractivity contribution in [2.24, 2.45) is 0 Å². The van der Waals surface area contributed by atoms with Gasteiger partial charge in [-0.25, -0.2) is 0 Å². The number of carbonyl (C=O) groups is 2. The van der Waals surface area contributed by atoms with E-state index in [2.05, 4.69) is 0 Å². The van der Waals surface area contributed by atoms with Crippen molar-refractivity contribution < 1.29 is 19.1 Å². The van der Waals surface area contributed by atoms with Gasteiger partial charge in [-0.3, -0.25) is 9.59 Å². The van der Waals surface area contributed by atoms with Gasteiger partial charge in [-0.2, -0.15) is 0 Å². The fourth-order valence-corrected chi connectivity index (χ4v) is 4.53. The van der Waals surface area contributed by atoms with Crippen LogP contribution in [0.25, 0.3) is 11.0 Å². The molecule has 0 aliphatic carbocycles. The first-order chi connectivity index (χ1) is 14.6. The number of aliphatic hydroxyl groups excluding tert-OH is 1. The monoisotopic (exact) mass is 415 g/mol. The van der Waals surface area contributed by atoms with E-state index in [0.717, 1.165) is 15.8 Å². The number of carbonyl (C=O) groups excluding carboxylic acids is 2. The molecule has 2 aromatic carbocycles. The SMILES string of the molecule is O=C(C1=C(O)C(=O)N(Cc2cccs2)C1c1ccccc1)c1cc2ccccc2o1. The second-order valence-corrected chi connectivity index (χ2v) is 8.10. The predicted molar refractivity (Wildman–Crippen MR) is 114 cm³/mol. The number of benzene rings is 2. The van der Waals surface area contributed by atoms with Gasteiger partial charge < -0.3 is 14.4 Å². The number of amides is 1. The molecule has 1 aliphatic heterocycles. The maximum Gasteiger partial charge on any atom is 0.290 e. The standard InChI is InChI=1S/C24H17NO4S/c26-22(19-13-16-9-4-5-11-18(16)29-19)20-21(15-7-2-1-3-8-15)25(24(28)23(20)27)14-17-10-6-12-30-17/h1-13,21,27H,14H2. The summed E-state index contributed by atoms with van der Waals surface area (Å²) in [5.74, 6) is -1.47. The highest BCUT2D eigenvalue weighted by Crippen LogP contribution is 2.40. The van der Waals surface area contributed by atoms with E-state index < -0.39 is 23.5 Å². The Labute approximate surface area is 176 Å². The molecule has 1 aliphatic rings. The van der Waals surface area contributed by atoms with Crippen LogP contribution in [0.4, 0.5) is 0 Å². The molecule has 0 saturated carbocycles. The molecule has 2 aromatic heterocycles. The summed E-state index contributed by atoms with van der Waals surface area (Å²) < 4.78 is 5.73. The maximum absolute atomic E-state index is 13.4. The first-order valence-electron chi connectivity index (χ1n) is 9.48. The summed E-state index contributed by atoms with van der Waals surface area (Å²) in [6.45, 7) is 0.303. The number of hydrogen-bond donors (Lipinski definition) is 1. The van der Waals surface area contributed by atoms with E-state index in [1.165, 1.54) is 16.2 Å². The number of ketones is 1. The summed E-state index contributed by atoms with van der Waals surface area (Å²) in [7, 11) is 0. The Morgan fingerprint density at radius 1 is 1.03 bits per heavy atom. The average molecular weight is 415 g/mol. The number of Topliss-reactive ketones (excluding diaryl/α,β-unsaturated/α-hetero) is 1. The molecule has 1 unspecified atom stereocenters. The van der Waals surface area contributed by atoms with Gasteiger partial charge >= 0.3 is 0 Å². The van der Waals surface area contributed by atoms with Crippen molar-refractivity contribution in [2.45, 2.75) is 12.6 Å². The fraction of sp³-hybridized carbons (Fsp3) is 0.0833. The first-order valence-corrected chi connectivity index (χ1v) is 10.4. The molecule has 5 rings (SSSR count). The van der Waals surface area contributed by atoms with Gasteiger partial charge in [0.2, 0.25) is 5.78 Å². The number of para-hydroxylation sites is 1. The van der Waals surface area contributed by atoms with E-state index in [9.17, 15) is 14.7 Å². The lowest BCUT2D eigenvalue weighted by Crippen LogP contribution is -2.30. The molecule has 30 heavy (non-hydrogen) atoms. The molecule has 1 amide bonds. The van der Waals surface area contributed by atoms with E-state index >= 15 is 0 Å². The van der Waals surface area contributed by atoms with Crippen molar-refractivity contribution in [3.63, 3.8) is 0 Å². The van der Waals surface area contributed by atoms with E-state index in [1.54, 1.807) is 12.1 Å². The summed E-state index contributed by atoms with van der Waals surface area (Å²) in [5, 5.41) is 13.4. The van der Waals surface area contributed by atoms with Gasteiger partial charge in [-0.05, 0) is 29.1 Å². The molecular weight excluding hydrogens is 398 g/mol. The summed E-state index contributed by atoms with van der Waals surface area (Å²) in [6.07, 6.45) is 0. The van der Waals surface area contributed by atoms with Gasteiger partial charge in [-0.1, -0.05) is 54.6 Å². The van der Waals surface area contributed by atoms with Crippen molar-refractivity contribution in [1.82, 2.24) is 4.90 Å². The fourth-order valence-electron chi connectivity index (χ4n) is 3.83. The molecule has 0 bridgehead atoms. The predicted octanol–water partition coefficient (Wildman–Crippen LogP) is 5.27. The van der Waals surface area contributed by atoms with Gasteiger partial charge in [0, 0.05) is 10.3 Å². The van der Waals surface area contributed by atoms with Crippen LogP contribution in [-0.2, 0) is 11.3 Å². The van der Waals surface area contributed by atoms with Gasteiger partial charge in [0.15, 0.2) is 11.5 Å². The maximum atomic E-state index is 13.4. The van der Waals surface area contributed by atoms with Crippen LogP contribution in [-0.4, -0.2) is 21.7 Å². The zero-order valence-electron chi connectivity index (χ0n) is 15.8. The van der Waals surface area contributed by atoms with Crippen LogP contribution in [0.1, 0.15) is 27.0 Å². The minimum absolute atomic E-state index is 0.0433. The van der Waals surface area contributed by atoms with Crippen LogP contribution in [0.2, 0.25) is 0 Å². The number of furan rings is 1. The topological polar surface area (TPSA) is 70.8 Å². The Balaban J connectivity index is 1.60. The highest BCUT2D eigenvalue weighted by atomic mass is 32.1. The van der Waals surface area contributed by atoms with Gasteiger partial charge in [-0.15, -0.1) is 11.3 Å². The molecule has 1 atom stereocenters. The summed E-state index contributed by atoms with van der Waals surface area (Å²) >= 11 is 1.52. The Bertz CT molecular complexity index is 1240. The lowest BCUT2D eigenvalue weighted by Gasteiger charge is -2.26. The highest BCUT2D eigenvalue weighted by Gasteiger charge is 2.44. The minimum Gasteiger partial charge on any atom is -0.503 e. The zero-order chi connectivity index (χ0) is 20.7. The number of aliphatic hydroxyl groups is 1. The molecule has 4 aromatic rings. The van der Waals surface area contributed by atoms with Crippen LogP contribution < -0.4 is 0 Å². The number of hydrogen-bond acceptors (Lipinski definition) is 5. The van der Waals surface area contributed by atoms with Crippen LogP contribution in [0.5, 0.6) is 0 Å². The molecule has 148 valence electrons. The quantitative estimate of drug-likeness (QED) is 0.451. The van der Waals surface area contributed by atoms with Crippen LogP contribution >= 0.6 is 11.3 Å². The number of thiophene rings is 1. The van der Waals surface area contributed by atoms with Gasteiger partial charge in [0.25, 0.3) is 5.91 Å². The lowest BCUT2D eigenvalue weighted by atomic mass is 9.95. The molecule has 3 heterocycles. The van der Waals surface area contributed by atoms with E-state index in [1.807, 2.05) is 66.0 Å². The highest BCUT2D eigenvalue weighted by molar-refractivity contribution is 7.09. The number of nitrogens with zero attached hydrogens (tertiary/aromatic N) is 1. The van der Waals surface area contributed by atoms with Crippen molar-refractivity contribution >= 4 is 34.0 Å². The molecule has 0 radical (unpaired) electrons. The molecule has 6 heteroatoms. The van der Waals surface area contributed by atoms with Crippen molar-refractivity contribution in [3.8, 4) is 0 Å². The third-order valence-corrected chi connectivity index (χ3v) is 6.08. The van der Waals surface area contributed by atoms with Crippen molar-refractivity contribution in [2.75, 3.05) is 0 Å². The molecule has 0 spiro atoms. The van der Waals surface area contributed by atoms with E-state index in [4.69, 9.17) is 4.42 Å². The number of rotatable bonds is 5. The summed E-state index contributed by atoms with van der Waals surface area (Å²) in [6, 6.07) is 21.4. The van der Waals surface area contributed by atoms with Gasteiger partial charge in [0.05, 0.1) is 18.2 Å². The molecular formula is C24H17NO4S. The molecule has 5 nitrogen and oxygen atoms in total. The average Bonchev–Trinajstić information content (AvgIpc) is 3.49. The third-order valence-electron chi connectivity index (χ3n) is 5.22. The largest absolute Gasteiger partial charge is 0.503 e. The normalized spacial score (nSPS) is 16.6. The van der Waals surface area contributed by atoms with Crippen molar-refractivity contribution in [3.05, 3.63) is 106 Å². The minimum atomic E-state index is -0.693. The Morgan fingerprint density at radius 3 is 2.53 bits per heavy atom. The van der Waals surface area contributed by atoms with E-state index in [-0.39, 0.29) is 11.3 Å². The second kappa shape index (κ2) is 7.31. The zero-order valence-corrected chi connectivity index (χ0v) is 16.6. The Hall–Kier alpha value is -3.64. The lowest BCUT2D eigenvalue weighted by molar-refractivity contribution is -0.130. The molecule has 0 fully saturated rings. The molecule has 0 saturated heterocycles. The summed E-state index contributed by atoms with van der Waals surface area (Å²) in [5.41, 5.74) is 1.38. The second-order valence-electron chi connectivity index (χ2n) is 7.07.